The van der Waals surface area contributed by atoms with E-state index in [1.54, 1.807) is 6.26 Å². The molecule has 1 aromatic carbocycles. The first kappa shape index (κ1) is 12.8. The molecule has 18 heavy (non-hydrogen) atoms. The summed E-state index contributed by atoms with van der Waals surface area (Å²) in [6, 6.07) is 9.84. The zero-order chi connectivity index (χ0) is 12.8. The quantitative estimate of drug-likeness (QED) is 0.848. The smallest absolute Gasteiger partial charge is 0.226 e. The monoisotopic (exact) mass is 246 g/mol. The van der Waals surface area contributed by atoms with Gasteiger partial charge in [-0.1, -0.05) is 25.1 Å². The summed E-state index contributed by atoms with van der Waals surface area (Å²) >= 11 is 0. The summed E-state index contributed by atoms with van der Waals surface area (Å²) in [6.07, 6.45) is 1.68. The van der Waals surface area contributed by atoms with Crippen molar-refractivity contribution in [2.45, 2.75) is 13.5 Å². The van der Waals surface area contributed by atoms with Gasteiger partial charge in [0.05, 0.1) is 12.3 Å². The molecule has 1 N–H and O–H groups in total. The van der Waals surface area contributed by atoms with Gasteiger partial charge in [-0.05, 0) is 18.7 Å². The lowest BCUT2D eigenvalue weighted by Gasteiger charge is -2.16. The summed E-state index contributed by atoms with van der Waals surface area (Å²) < 4.78 is 5.47. The number of likely N-dealkylation sites (N-methyl/N-ethyl adjacent to an activating group) is 1. The molecule has 0 bridgehead atoms. The van der Waals surface area contributed by atoms with Gasteiger partial charge < -0.3 is 9.52 Å². The minimum Gasteiger partial charge on any atom is -0.444 e. The standard InChI is InChI=1S/C14H18N2O2/c1-2-16(8-9-17)10-13-11-18-14(15-13)12-6-4-3-5-7-12/h3-7,11,17H,2,8-10H2,1H3. The highest BCUT2D eigenvalue weighted by Crippen LogP contribution is 2.18. The molecule has 1 heterocycles. The molecule has 0 amide bonds. The normalized spacial score (nSPS) is 11.1. The molecule has 4 heteroatoms. The number of rotatable bonds is 6. The lowest BCUT2D eigenvalue weighted by atomic mass is 10.2. The lowest BCUT2D eigenvalue weighted by molar-refractivity contribution is 0.195. The Morgan fingerprint density at radius 1 is 1.28 bits per heavy atom. The van der Waals surface area contributed by atoms with Crippen LogP contribution in [0.5, 0.6) is 0 Å². The maximum absolute atomic E-state index is 8.94. The highest BCUT2D eigenvalue weighted by molar-refractivity contribution is 5.52. The first-order valence-electron chi connectivity index (χ1n) is 6.16. The molecule has 0 atom stereocenters. The highest BCUT2D eigenvalue weighted by atomic mass is 16.3. The van der Waals surface area contributed by atoms with E-state index in [1.165, 1.54) is 0 Å². The van der Waals surface area contributed by atoms with Crippen LogP contribution in [0.2, 0.25) is 0 Å². The largest absolute Gasteiger partial charge is 0.444 e. The number of aromatic nitrogens is 1. The van der Waals surface area contributed by atoms with E-state index in [9.17, 15) is 0 Å². The Hall–Kier alpha value is -1.65. The molecule has 0 radical (unpaired) electrons. The van der Waals surface area contributed by atoms with Crippen LogP contribution in [0, 0.1) is 0 Å². The van der Waals surface area contributed by atoms with Crippen molar-refractivity contribution in [3.05, 3.63) is 42.3 Å². The van der Waals surface area contributed by atoms with Crippen molar-refractivity contribution in [3.63, 3.8) is 0 Å². The van der Waals surface area contributed by atoms with Crippen LogP contribution in [0.1, 0.15) is 12.6 Å². The number of nitrogens with zero attached hydrogens (tertiary/aromatic N) is 2. The number of aliphatic hydroxyl groups is 1. The molecule has 0 aliphatic carbocycles. The Balaban J connectivity index is 2.06. The molecule has 0 fully saturated rings. The van der Waals surface area contributed by atoms with Gasteiger partial charge in [0.2, 0.25) is 5.89 Å². The van der Waals surface area contributed by atoms with Gasteiger partial charge in [0, 0.05) is 18.7 Å². The molecule has 0 aliphatic heterocycles. The van der Waals surface area contributed by atoms with E-state index in [1.807, 2.05) is 30.3 Å². The Bertz CT molecular complexity index is 468. The third-order valence-corrected chi connectivity index (χ3v) is 2.82. The van der Waals surface area contributed by atoms with Crippen LogP contribution in [-0.2, 0) is 6.54 Å². The molecule has 0 spiro atoms. The van der Waals surface area contributed by atoms with Gasteiger partial charge in [-0.2, -0.15) is 0 Å². The fourth-order valence-electron chi connectivity index (χ4n) is 1.81. The minimum atomic E-state index is 0.164. The molecule has 1 aromatic heterocycles. The van der Waals surface area contributed by atoms with E-state index >= 15 is 0 Å². The molecular formula is C14H18N2O2. The van der Waals surface area contributed by atoms with Crippen molar-refractivity contribution >= 4 is 0 Å². The second-order valence-electron chi connectivity index (χ2n) is 4.10. The molecule has 96 valence electrons. The average Bonchev–Trinajstić information content (AvgIpc) is 2.88. The molecule has 0 aliphatic rings. The summed E-state index contributed by atoms with van der Waals surface area (Å²) in [5.74, 6) is 0.644. The van der Waals surface area contributed by atoms with Crippen LogP contribution in [0.25, 0.3) is 11.5 Å². The first-order valence-corrected chi connectivity index (χ1v) is 6.16. The van der Waals surface area contributed by atoms with Crippen LogP contribution in [0.3, 0.4) is 0 Å². The molecule has 2 aromatic rings. The first-order chi connectivity index (χ1) is 8.83. The predicted molar refractivity (Wildman–Crippen MR) is 70.0 cm³/mol. The summed E-state index contributed by atoms with van der Waals surface area (Å²) in [5.41, 5.74) is 1.87. The molecule has 0 unspecified atom stereocenters. The highest BCUT2D eigenvalue weighted by Gasteiger charge is 2.09. The van der Waals surface area contributed by atoms with Gasteiger partial charge >= 0.3 is 0 Å². The summed E-state index contributed by atoms with van der Waals surface area (Å²) in [6.45, 7) is 4.47. The zero-order valence-electron chi connectivity index (χ0n) is 10.5. The van der Waals surface area contributed by atoms with Crippen molar-refractivity contribution in [1.82, 2.24) is 9.88 Å². The Kier molecular flexibility index (Phi) is 4.50. The van der Waals surface area contributed by atoms with E-state index < -0.39 is 0 Å². The Morgan fingerprint density at radius 2 is 2.06 bits per heavy atom. The summed E-state index contributed by atoms with van der Waals surface area (Å²) in [4.78, 5) is 6.58. The van der Waals surface area contributed by atoms with Crippen LogP contribution in [0.15, 0.2) is 41.0 Å². The van der Waals surface area contributed by atoms with Crippen LogP contribution < -0.4 is 0 Å². The number of oxazole rings is 1. The minimum absolute atomic E-state index is 0.164. The van der Waals surface area contributed by atoms with E-state index in [0.29, 0.717) is 19.0 Å². The third-order valence-electron chi connectivity index (χ3n) is 2.82. The van der Waals surface area contributed by atoms with Crippen LogP contribution in [0.4, 0.5) is 0 Å². The Labute approximate surface area is 107 Å². The second-order valence-corrected chi connectivity index (χ2v) is 4.10. The van der Waals surface area contributed by atoms with Crippen LogP contribution in [-0.4, -0.2) is 34.7 Å². The van der Waals surface area contributed by atoms with Crippen LogP contribution >= 0.6 is 0 Å². The molecular weight excluding hydrogens is 228 g/mol. The molecule has 4 nitrogen and oxygen atoms in total. The molecule has 2 rings (SSSR count). The molecule has 0 saturated carbocycles. The average molecular weight is 246 g/mol. The third kappa shape index (κ3) is 3.18. The van der Waals surface area contributed by atoms with Gasteiger partial charge in [0.15, 0.2) is 0 Å². The van der Waals surface area contributed by atoms with Crippen molar-refractivity contribution in [2.75, 3.05) is 19.7 Å². The van der Waals surface area contributed by atoms with Crippen molar-refractivity contribution in [1.29, 1.82) is 0 Å². The van der Waals surface area contributed by atoms with Gasteiger partial charge in [0.25, 0.3) is 0 Å². The van der Waals surface area contributed by atoms with Gasteiger partial charge in [-0.15, -0.1) is 0 Å². The van der Waals surface area contributed by atoms with Gasteiger partial charge in [0.1, 0.15) is 6.26 Å². The zero-order valence-corrected chi connectivity index (χ0v) is 10.5. The number of hydrogen-bond acceptors (Lipinski definition) is 4. The SMILES string of the molecule is CCN(CCO)Cc1coc(-c2ccccc2)n1. The summed E-state index contributed by atoms with van der Waals surface area (Å²) in [7, 11) is 0. The fourth-order valence-corrected chi connectivity index (χ4v) is 1.81. The molecule has 0 saturated heterocycles. The van der Waals surface area contributed by atoms with Crippen molar-refractivity contribution in [3.8, 4) is 11.5 Å². The maximum Gasteiger partial charge on any atom is 0.226 e. The lowest BCUT2D eigenvalue weighted by Crippen LogP contribution is -2.26. The second kappa shape index (κ2) is 6.33. The van der Waals surface area contributed by atoms with Crippen molar-refractivity contribution in [2.24, 2.45) is 0 Å². The van der Waals surface area contributed by atoms with Gasteiger partial charge in [-0.3, -0.25) is 4.90 Å². The van der Waals surface area contributed by atoms with E-state index in [4.69, 9.17) is 9.52 Å². The Morgan fingerprint density at radius 3 is 2.72 bits per heavy atom. The van der Waals surface area contributed by atoms with E-state index in [2.05, 4.69) is 16.8 Å². The predicted octanol–water partition coefficient (Wildman–Crippen LogP) is 2.16. The van der Waals surface area contributed by atoms with Crippen molar-refractivity contribution < 1.29 is 9.52 Å². The number of aliphatic hydroxyl groups excluding tert-OH is 1. The van der Waals surface area contributed by atoms with Gasteiger partial charge in [-0.25, -0.2) is 4.98 Å². The number of benzene rings is 1. The van der Waals surface area contributed by atoms with E-state index in [-0.39, 0.29) is 6.61 Å². The fraction of sp³-hybridized carbons (Fsp3) is 0.357. The number of hydrogen-bond donors (Lipinski definition) is 1. The summed E-state index contributed by atoms with van der Waals surface area (Å²) in [5, 5.41) is 8.94. The maximum atomic E-state index is 8.94. The topological polar surface area (TPSA) is 49.5 Å². The van der Waals surface area contributed by atoms with E-state index in [0.717, 1.165) is 17.8 Å².